The lowest BCUT2D eigenvalue weighted by Gasteiger charge is -1.96. The molecule has 0 aliphatic heterocycles. The van der Waals surface area contributed by atoms with Gasteiger partial charge >= 0.3 is 0 Å². The fourth-order valence-corrected chi connectivity index (χ4v) is 2.37. The summed E-state index contributed by atoms with van der Waals surface area (Å²) in [5, 5.41) is 11.3. The van der Waals surface area contributed by atoms with E-state index in [9.17, 15) is 0 Å². The van der Waals surface area contributed by atoms with Gasteiger partial charge in [0.15, 0.2) is 0 Å². The second-order valence-electron chi connectivity index (χ2n) is 3.16. The predicted octanol–water partition coefficient (Wildman–Crippen LogP) is 4.13. The highest BCUT2D eigenvalue weighted by molar-refractivity contribution is 7.13. The normalized spacial score (nSPS) is 9.87. The van der Waals surface area contributed by atoms with E-state index in [0.29, 0.717) is 6.42 Å². The van der Waals surface area contributed by atoms with Crippen LogP contribution in [-0.2, 0) is 6.42 Å². The van der Waals surface area contributed by atoms with Gasteiger partial charge in [0.25, 0.3) is 0 Å². The highest BCUT2D eigenvalue weighted by atomic mass is 35.5. The fraction of sp³-hybridized carbons (Fsp3) is 0.0833. The molecule has 1 heterocycles. The van der Waals surface area contributed by atoms with E-state index in [1.165, 1.54) is 4.88 Å². The third kappa shape index (κ3) is 2.38. The minimum absolute atomic E-state index is 0.476. The molecule has 1 nitrogen and oxygen atoms in total. The van der Waals surface area contributed by atoms with Crippen molar-refractivity contribution in [2.75, 3.05) is 0 Å². The summed E-state index contributed by atoms with van der Waals surface area (Å²) in [7, 11) is 0. The van der Waals surface area contributed by atoms with E-state index >= 15 is 0 Å². The van der Waals surface area contributed by atoms with Crippen molar-refractivity contribution in [3.05, 3.63) is 46.3 Å². The molecule has 0 N–H and O–H groups in total. The second-order valence-corrected chi connectivity index (χ2v) is 4.51. The van der Waals surface area contributed by atoms with Crippen LogP contribution in [0.5, 0.6) is 0 Å². The van der Waals surface area contributed by atoms with Crippen molar-refractivity contribution in [3.8, 4) is 16.5 Å². The number of rotatable bonds is 2. The maximum atomic E-state index is 8.57. The molecular formula is C12H8ClNS. The van der Waals surface area contributed by atoms with E-state index in [1.54, 1.807) is 11.3 Å². The largest absolute Gasteiger partial charge is 0.198 e. The van der Waals surface area contributed by atoms with Crippen LogP contribution < -0.4 is 0 Å². The topological polar surface area (TPSA) is 23.8 Å². The van der Waals surface area contributed by atoms with Crippen LogP contribution in [0.15, 0.2) is 35.7 Å². The van der Waals surface area contributed by atoms with Crippen molar-refractivity contribution in [2.45, 2.75) is 6.42 Å². The Morgan fingerprint density at radius 2 is 2.00 bits per heavy atom. The lowest BCUT2D eigenvalue weighted by atomic mass is 10.1. The zero-order valence-corrected chi connectivity index (χ0v) is 9.48. The predicted molar refractivity (Wildman–Crippen MR) is 64.1 cm³/mol. The van der Waals surface area contributed by atoms with Gasteiger partial charge in [-0.2, -0.15) is 5.26 Å². The first-order valence-electron chi connectivity index (χ1n) is 4.50. The van der Waals surface area contributed by atoms with Gasteiger partial charge in [0.05, 0.1) is 12.5 Å². The van der Waals surface area contributed by atoms with Crippen LogP contribution in [0.2, 0.25) is 5.02 Å². The second kappa shape index (κ2) is 4.48. The summed E-state index contributed by atoms with van der Waals surface area (Å²) in [5.74, 6) is 0. The Bertz CT molecular complexity index is 493. The molecule has 0 radical (unpaired) electrons. The van der Waals surface area contributed by atoms with Crippen LogP contribution in [-0.4, -0.2) is 0 Å². The van der Waals surface area contributed by atoms with Gasteiger partial charge in [-0.1, -0.05) is 23.7 Å². The zero-order valence-electron chi connectivity index (χ0n) is 7.90. The van der Waals surface area contributed by atoms with Gasteiger partial charge in [-0.25, -0.2) is 0 Å². The van der Waals surface area contributed by atoms with Crippen molar-refractivity contribution >= 4 is 22.9 Å². The van der Waals surface area contributed by atoms with Gasteiger partial charge in [0.2, 0.25) is 0 Å². The molecule has 0 saturated heterocycles. The Morgan fingerprint density at radius 3 is 2.67 bits per heavy atom. The number of hydrogen-bond acceptors (Lipinski definition) is 2. The van der Waals surface area contributed by atoms with E-state index < -0.39 is 0 Å². The SMILES string of the molecule is N#CCc1csc(-c2ccc(Cl)cc2)c1. The molecule has 0 fully saturated rings. The Balaban J connectivity index is 2.30. The summed E-state index contributed by atoms with van der Waals surface area (Å²) in [4.78, 5) is 1.18. The number of nitriles is 1. The minimum atomic E-state index is 0.476. The molecule has 1 aromatic heterocycles. The molecule has 0 amide bonds. The summed E-state index contributed by atoms with van der Waals surface area (Å²) in [6, 6.07) is 11.9. The smallest absolute Gasteiger partial charge is 0.0670 e. The molecular weight excluding hydrogens is 226 g/mol. The first kappa shape index (κ1) is 10.2. The zero-order chi connectivity index (χ0) is 10.7. The molecule has 0 aliphatic carbocycles. The highest BCUT2D eigenvalue weighted by Crippen LogP contribution is 2.28. The maximum absolute atomic E-state index is 8.57. The molecule has 1 aromatic carbocycles. The number of benzene rings is 1. The highest BCUT2D eigenvalue weighted by Gasteiger charge is 2.02. The van der Waals surface area contributed by atoms with Crippen molar-refractivity contribution in [3.63, 3.8) is 0 Å². The van der Waals surface area contributed by atoms with Crippen LogP contribution in [0.1, 0.15) is 5.56 Å². The average Bonchev–Trinajstić information content (AvgIpc) is 2.68. The van der Waals surface area contributed by atoms with Crippen LogP contribution in [0.4, 0.5) is 0 Å². The molecule has 0 saturated carbocycles. The van der Waals surface area contributed by atoms with Gasteiger partial charge in [0, 0.05) is 9.90 Å². The van der Waals surface area contributed by atoms with Crippen molar-refractivity contribution in [1.82, 2.24) is 0 Å². The van der Waals surface area contributed by atoms with E-state index in [0.717, 1.165) is 16.1 Å². The minimum Gasteiger partial charge on any atom is -0.198 e. The molecule has 0 spiro atoms. The average molecular weight is 234 g/mol. The molecule has 0 bridgehead atoms. The standard InChI is InChI=1S/C12H8ClNS/c13-11-3-1-10(2-4-11)12-7-9(5-6-14)8-15-12/h1-4,7-8H,5H2. The Hall–Kier alpha value is -1.30. The van der Waals surface area contributed by atoms with Crippen LogP contribution in [0.3, 0.4) is 0 Å². The van der Waals surface area contributed by atoms with Crippen molar-refractivity contribution < 1.29 is 0 Å². The van der Waals surface area contributed by atoms with Gasteiger partial charge < -0.3 is 0 Å². The third-order valence-electron chi connectivity index (χ3n) is 2.07. The van der Waals surface area contributed by atoms with E-state index in [2.05, 4.69) is 12.1 Å². The molecule has 3 heteroatoms. The summed E-state index contributed by atoms with van der Waals surface area (Å²) in [6.07, 6.45) is 0.476. The Kier molecular flexibility index (Phi) is 3.05. The van der Waals surface area contributed by atoms with Gasteiger partial charge in [-0.15, -0.1) is 11.3 Å². The Labute approximate surface area is 97.6 Å². The summed E-state index contributed by atoms with van der Waals surface area (Å²) in [6.45, 7) is 0. The molecule has 0 atom stereocenters. The van der Waals surface area contributed by atoms with E-state index in [4.69, 9.17) is 16.9 Å². The van der Waals surface area contributed by atoms with Crippen LogP contribution in [0, 0.1) is 11.3 Å². The maximum Gasteiger partial charge on any atom is 0.0670 e. The van der Waals surface area contributed by atoms with Crippen molar-refractivity contribution in [2.24, 2.45) is 0 Å². The number of thiophene rings is 1. The first-order valence-corrected chi connectivity index (χ1v) is 5.75. The number of nitrogens with zero attached hydrogens (tertiary/aromatic N) is 1. The lowest BCUT2D eigenvalue weighted by molar-refractivity contribution is 1.29. The monoisotopic (exact) mass is 233 g/mol. The molecule has 15 heavy (non-hydrogen) atoms. The van der Waals surface area contributed by atoms with Gasteiger partial charge in [-0.3, -0.25) is 0 Å². The molecule has 0 unspecified atom stereocenters. The Morgan fingerprint density at radius 1 is 1.27 bits per heavy atom. The fourth-order valence-electron chi connectivity index (χ4n) is 1.33. The third-order valence-corrected chi connectivity index (χ3v) is 3.35. The van der Waals surface area contributed by atoms with Crippen LogP contribution in [0.25, 0.3) is 10.4 Å². The summed E-state index contributed by atoms with van der Waals surface area (Å²) >= 11 is 7.47. The van der Waals surface area contributed by atoms with E-state index in [1.807, 2.05) is 29.6 Å². The quantitative estimate of drug-likeness (QED) is 0.765. The number of hydrogen-bond donors (Lipinski definition) is 0. The number of halogens is 1. The molecule has 0 aliphatic rings. The van der Waals surface area contributed by atoms with Gasteiger partial charge in [0.1, 0.15) is 0 Å². The first-order chi connectivity index (χ1) is 7.29. The summed E-state index contributed by atoms with van der Waals surface area (Å²) < 4.78 is 0. The molecule has 2 rings (SSSR count). The molecule has 74 valence electrons. The van der Waals surface area contributed by atoms with Crippen molar-refractivity contribution in [1.29, 1.82) is 5.26 Å². The summed E-state index contributed by atoms with van der Waals surface area (Å²) in [5.41, 5.74) is 2.22. The van der Waals surface area contributed by atoms with Gasteiger partial charge in [-0.05, 0) is 34.7 Å². The van der Waals surface area contributed by atoms with E-state index in [-0.39, 0.29) is 0 Å². The van der Waals surface area contributed by atoms with Crippen LogP contribution >= 0.6 is 22.9 Å². The lowest BCUT2D eigenvalue weighted by Crippen LogP contribution is -1.74. The molecule has 2 aromatic rings.